The van der Waals surface area contributed by atoms with Crippen molar-refractivity contribution >= 4 is 17.8 Å². The Balaban J connectivity index is 2.41. The third-order valence-electron chi connectivity index (χ3n) is 2.98. The topological polar surface area (TPSA) is 103 Å². The smallest absolute Gasteiger partial charge is 0.310 e. The standard InChI is InChI=1S/C16H22N2O6/c1-4-17-14(19)9-18-15(20)10-24-16(21)8-11-5-6-12(22-2)13(7-11)23-3/h5-7H,4,8-10H2,1-3H3,(H,17,19)(H,18,20). The van der Waals surface area contributed by atoms with Crippen molar-refractivity contribution in [2.75, 3.05) is 33.9 Å². The summed E-state index contributed by atoms with van der Waals surface area (Å²) in [5.74, 6) is -0.346. The lowest BCUT2D eigenvalue weighted by atomic mass is 10.1. The lowest BCUT2D eigenvalue weighted by Gasteiger charge is -2.10. The first kappa shape index (κ1) is 19.3. The summed E-state index contributed by atoms with van der Waals surface area (Å²) in [4.78, 5) is 34.4. The highest BCUT2D eigenvalue weighted by molar-refractivity contribution is 5.86. The number of hydrogen-bond donors (Lipinski definition) is 2. The molecule has 0 spiro atoms. The predicted molar refractivity (Wildman–Crippen MR) is 85.9 cm³/mol. The number of esters is 1. The van der Waals surface area contributed by atoms with Gasteiger partial charge in [-0.2, -0.15) is 0 Å². The molecule has 0 heterocycles. The van der Waals surface area contributed by atoms with Gasteiger partial charge in [-0.15, -0.1) is 0 Å². The van der Waals surface area contributed by atoms with Crippen LogP contribution in [0.15, 0.2) is 18.2 Å². The van der Waals surface area contributed by atoms with E-state index in [1.54, 1.807) is 25.1 Å². The number of rotatable bonds is 9. The maximum atomic E-state index is 11.8. The van der Waals surface area contributed by atoms with Gasteiger partial charge in [0, 0.05) is 6.54 Å². The molecule has 0 radical (unpaired) electrons. The van der Waals surface area contributed by atoms with Crippen molar-refractivity contribution in [1.29, 1.82) is 0 Å². The number of hydrogen-bond acceptors (Lipinski definition) is 6. The molecule has 0 atom stereocenters. The van der Waals surface area contributed by atoms with Gasteiger partial charge in [0.05, 0.1) is 27.2 Å². The van der Waals surface area contributed by atoms with Gasteiger partial charge in [-0.05, 0) is 24.6 Å². The maximum Gasteiger partial charge on any atom is 0.310 e. The van der Waals surface area contributed by atoms with Gasteiger partial charge >= 0.3 is 5.97 Å². The summed E-state index contributed by atoms with van der Waals surface area (Å²) in [6.45, 7) is 1.66. The number of amides is 2. The quantitative estimate of drug-likeness (QED) is 0.617. The van der Waals surface area contributed by atoms with E-state index < -0.39 is 18.5 Å². The number of carbonyl (C=O) groups is 3. The van der Waals surface area contributed by atoms with E-state index in [0.717, 1.165) is 0 Å². The van der Waals surface area contributed by atoms with Crippen LogP contribution in [0.5, 0.6) is 11.5 Å². The molecule has 8 heteroatoms. The minimum absolute atomic E-state index is 0.00997. The molecule has 8 nitrogen and oxygen atoms in total. The SMILES string of the molecule is CCNC(=O)CNC(=O)COC(=O)Cc1ccc(OC)c(OC)c1. The van der Waals surface area contributed by atoms with Gasteiger partial charge in [0.1, 0.15) is 0 Å². The van der Waals surface area contributed by atoms with E-state index in [9.17, 15) is 14.4 Å². The van der Waals surface area contributed by atoms with Gasteiger partial charge in [-0.1, -0.05) is 6.07 Å². The molecule has 0 aromatic heterocycles. The summed E-state index contributed by atoms with van der Waals surface area (Å²) in [6.07, 6.45) is -0.00997. The fourth-order valence-electron chi connectivity index (χ4n) is 1.84. The Bertz CT molecular complexity index is 588. The number of nitrogens with one attached hydrogen (secondary N) is 2. The van der Waals surface area contributed by atoms with Gasteiger partial charge in [-0.25, -0.2) is 0 Å². The summed E-state index contributed by atoms with van der Waals surface area (Å²) in [6, 6.07) is 5.05. The zero-order valence-corrected chi connectivity index (χ0v) is 14.0. The number of methoxy groups -OCH3 is 2. The monoisotopic (exact) mass is 338 g/mol. The Morgan fingerprint density at radius 1 is 1.00 bits per heavy atom. The minimum Gasteiger partial charge on any atom is -0.493 e. The normalized spacial score (nSPS) is 9.79. The Labute approximate surface area is 140 Å². The lowest BCUT2D eigenvalue weighted by Crippen LogP contribution is -2.38. The number of likely N-dealkylation sites (N-methyl/N-ethyl adjacent to an activating group) is 1. The molecule has 0 fully saturated rings. The van der Waals surface area contributed by atoms with E-state index in [4.69, 9.17) is 14.2 Å². The van der Waals surface area contributed by atoms with Crippen LogP contribution in [0.4, 0.5) is 0 Å². The van der Waals surface area contributed by atoms with Gasteiger partial charge in [-0.3, -0.25) is 14.4 Å². The summed E-state index contributed by atoms with van der Waals surface area (Å²) in [7, 11) is 3.02. The molecule has 0 bridgehead atoms. The van der Waals surface area contributed by atoms with Crippen molar-refractivity contribution in [3.63, 3.8) is 0 Å². The number of ether oxygens (including phenoxy) is 3. The molecule has 0 aliphatic rings. The molecule has 2 amide bonds. The predicted octanol–water partition coefficient (Wildman–Crippen LogP) is 0.0418. The Hall–Kier alpha value is -2.77. The largest absolute Gasteiger partial charge is 0.493 e. The van der Waals surface area contributed by atoms with Crippen molar-refractivity contribution in [3.05, 3.63) is 23.8 Å². The molecular formula is C16H22N2O6. The van der Waals surface area contributed by atoms with Crippen molar-refractivity contribution < 1.29 is 28.6 Å². The van der Waals surface area contributed by atoms with Crippen molar-refractivity contribution in [1.82, 2.24) is 10.6 Å². The van der Waals surface area contributed by atoms with Crippen molar-refractivity contribution in [2.45, 2.75) is 13.3 Å². The summed E-state index contributed by atoms with van der Waals surface area (Å²) in [5.41, 5.74) is 0.667. The molecule has 0 unspecified atom stereocenters. The number of carbonyl (C=O) groups excluding carboxylic acids is 3. The summed E-state index contributed by atoms with van der Waals surface area (Å²) in [5, 5.41) is 4.89. The number of benzene rings is 1. The molecule has 0 saturated heterocycles. The van der Waals surface area contributed by atoms with Crippen LogP contribution in [-0.2, 0) is 25.5 Å². The fraction of sp³-hybridized carbons (Fsp3) is 0.438. The lowest BCUT2D eigenvalue weighted by molar-refractivity contribution is -0.147. The van der Waals surface area contributed by atoms with E-state index in [0.29, 0.717) is 23.6 Å². The van der Waals surface area contributed by atoms with E-state index in [2.05, 4.69) is 10.6 Å². The van der Waals surface area contributed by atoms with Crippen LogP contribution in [0.2, 0.25) is 0 Å². The molecule has 0 aliphatic carbocycles. The van der Waals surface area contributed by atoms with E-state index >= 15 is 0 Å². The second-order valence-electron chi connectivity index (χ2n) is 4.76. The summed E-state index contributed by atoms with van der Waals surface area (Å²) < 4.78 is 15.1. The second-order valence-corrected chi connectivity index (χ2v) is 4.76. The molecule has 0 saturated carbocycles. The van der Waals surface area contributed by atoms with Crippen LogP contribution in [0.3, 0.4) is 0 Å². The highest BCUT2D eigenvalue weighted by Gasteiger charge is 2.11. The van der Waals surface area contributed by atoms with Crippen LogP contribution in [-0.4, -0.2) is 51.7 Å². The van der Waals surface area contributed by atoms with Crippen LogP contribution < -0.4 is 20.1 Å². The van der Waals surface area contributed by atoms with Crippen LogP contribution >= 0.6 is 0 Å². The fourth-order valence-corrected chi connectivity index (χ4v) is 1.84. The van der Waals surface area contributed by atoms with Crippen LogP contribution in [0.1, 0.15) is 12.5 Å². The first-order valence-electron chi connectivity index (χ1n) is 7.40. The molecule has 1 rings (SSSR count). The van der Waals surface area contributed by atoms with E-state index in [1.165, 1.54) is 14.2 Å². The van der Waals surface area contributed by atoms with Gasteiger partial charge < -0.3 is 24.8 Å². The zero-order chi connectivity index (χ0) is 17.9. The molecule has 132 valence electrons. The maximum absolute atomic E-state index is 11.8. The summed E-state index contributed by atoms with van der Waals surface area (Å²) >= 11 is 0. The first-order chi connectivity index (χ1) is 11.5. The average molecular weight is 338 g/mol. The van der Waals surface area contributed by atoms with Gasteiger partial charge in [0.25, 0.3) is 5.91 Å². The van der Waals surface area contributed by atoms with E-state index in [-0.39, 0.29) is 18.9 Å². The van der Waals surface area contributed by atoms with E-state index in [1.807, 2.05) is 0 Å². The highest BCUT2D eigenvalue weighted by Crippen LogP contribution is 2.27. The third-order valence-corrected chi connectivity index (χ3v) is 2.98. The minimum atomic E-state index is -0.560. The Morgan fingerprint density at radius 2 is 1.71 bits per heavy atom. The molecule has 1 aromatic carbocycles. The van der Waals surface area contributed by atoms with Crippen molar-refractivity contribution in [2.24, 2.45) is 0 Å². The second kappa shape index (κ2) is 10.1. The average Bonchev–Trinajstić information content (AvgIpc) is 2.58. The molecular weight excluding hydrogens is 316 g/mol. The Kier molecular flexibility index (Phi) is 8.10. The first-order valence-corrected chi connectivity index (χ1v) is 7.40. The molecule has 1 aromatic rings. The molecule has 2 N–H and O–H groups in total. The highest BCUT2D eigenvalue weighted by atomic mass is 16.5. The van der Waals surface area contributed by atoms with Crippen LogP contribution in [0.25, 0.3) is 0 Å². The molecule has 0 aliphatic heterocycles. The van der Waals surface area contributed by atoms with Gasteiger partial charge in [0.2, 0.25) is 5.91 Å². The Morgan fingerprint density at radius 3 is 2.33 bits per heavy atom. The zero-order valence-electron chi connectivity index (χ0n) is 14.0. The third kappa shape index (κ3) is 6.55. The van der Waals surface area contributed by atoms with Crippen LogP contribution in [0, 0.1) is 0 Å². The molecule has 24 heavy (non-hydrogen) atoms. The van der Waals surface area contributed by atoms with Crippen molar-refractivity contribution in [3.8, 4) is 11.5 Å². The van der Waals surface area contributed by atoms with Gasteiger partial charge in [0.15, 0.2) is 18.1 Å².